The first-order valence-electron chi connectivity index (χ1n) is 18.0. The zero-order valence-corrected chi connectivity index (χ0v) is 30.5. The SMILES string of the molecule is C[C@@H]1C[C@@H](c2ncc(-c3cnc4cc(-c5ccc6nc([C@@H]7C[C@H]8CC8N7C(=O)OC(C)(C)C)[nH]c6c5)ccc4n3)[nH]2)N(C(=O)OC(C)(C)C)[C@@H]1C. The Kier molecular flexibility index (Phi) is 7.66. The van der Waals surface area contributed by atoms with E-state index in [1.165, 1.54) is 0 Å². The van der Waals surface area contributed by atoms with Crippen molar-refractivity contribution in [1.82, 2.24) is 39.7 Å². The summed E-state index contributed by atoms with van der Waals surface area (Å²) in [7, 11) is 0. The van der Waals surface area contributed by atoms with Gasteiger partial charge in [-0.1, -0.05) is 19.1 Å². The quantitative estimate of drug-likeness (QED) is 0.192. The normalized spacial score (nSPS) is 24.7. The Labute approximate surface area is 297 Å². The van der Waals surface area contributed by atoms with Gasteiger partial charge in [-0.2, -0.15) is 0 Å². The fourth-order valence-corrected chi connectivity index (χ4v) is 7.67. The first kappa shape index (κ1) is 33.2. The summed E-state index contributed by atoms with van der Waals surface area (Å²) in [6, 6.07) is 12.2. The maximum absolute atomic E-state index is 13.2. The lowest BCUT2D eigenvalue weighted by Crippen LogP contribution is -2.41. The summed E-state index contributed by atoms with van der Waals surface area (Å²) in [5.41, 5.74) is 5.63. The van der Waals surface area contributed by atoms with Gasteiger partial charge >= 0.3 is 12.2 Å². The lowest BCUT2D eigenvalue weighted by Gasteiger charge is -2.31. The molecule has 2 N–H and O–H groups in total. The molecule has 51 heavy (non-hydrogen) atoms. The number of hydrogen-bond acceptors (Lipinski definition) is 8. The van der Waals surface area contributed by atoms with Crippen LogP contribution < -0.4 is 0 Å². The number of fused-ring (bicyclic) bond motifs is 3. The maximum Gasteiger partial charge on any atom is 0.411 e. The first-order chi connectivity index (χ1) is 24.1. The number of ether oxygens (including phenoxy) is 2. The predicted octanol–water partition coefficient (Wildman–Crippen LogP) is 8.34. The van der Waals surface area contributed by atoms with Crippen molar-refractivity contribution in [3.63, 3.8) is 0 Å². The van der Waals surface area contributed by atoms with E-state index in [1.807, 2.05) is 75.6 Å². The molecule has 3 aliphatic rings. The number of carbonyl (C=O) groups excluding carboxylic acids is 2. The number of nitrogens with zero attached hydrogens (tertiary/aromatic N) is 6. The van der Waals surface area contributed by atoms with Gasteiger partial charge in [0.25, 0.3) is 0 Å². The van der Waals surface area contributed by atoms with Crippen LogP contribution in [0.2, 0.25) is 0 Å². The second-order valence-corrected chi connectivity index (χ2v) is 16.6. The van der Waals surface area contributed by atoms with Crippen LogP contribution in [0.25, 0.3) is 44.6 Å². The van der Waals surface area contributed by atoms with E-state index in [4.69, 9.17) is 24.4 Å². The highest BCUT2D eigenvalue weighted by Gasteiger charge is 2.56. The Bertz CT molecular complexity index is 2160. The van der Waals surface area contributed by atoms with Crippen molar-refractivity contribution in [2.45, 2.75) is 110 Å². The summed E-state index contributed by atoms with van der Waals surface area (Å²) in [6.45, 7) is 15.6. The number of nitrogens with one attached hydrogen (secondary N) is 2. The smallest absolute Gasteiger partial charge is 0.411 e. The molecule has 0 spiro atoms. The third-order valence-electron chi connectivity index (χ3n) is 10.4. The lowest BCUT2D eigenvalue weighted by atomic mass is 10.0. The molecule has 0 radical (unpaired) electrons. The number of amides is 2. The van der Waals surface area contributed by atoms with E-state index in [0.717, 1.165) is 64.0 Å². The van der Waals surface area contributed by atoms with Crippen molar-refractivity contribution in [2.75, 3.05) is 0 Å². The third kappa shape index (κ3) is 6.29. The van der Waals surface area contributed by atoms with Crippen LogP contribution in [-0.2, 0) is 9.47 Å². The van der Waals surface area contributed by atoms with Crippen molar-refractivity contribution >= 4 is 34.3 Å². The number of piperidine rings is 1. The standard InChI is InChI=1S/C39H46N8O4/c1-20-13-32(46(21(20)2)36(48)50-38(3,4)5)34-41-19-30(45-34)29-18-40-27-14-22(9-11-25(27)42-29)23-10-12-26-28(15-23)44-35(43-26)33-17-24-16-31(24)47(33)37(49)51-39(6,7)8/h9-12,14-15,18-21,24,31-33H,13,16-17H2,1-8H3,(H,41,45)(H,43,44)/t20-,21-,24-,31?,32+,33+/m1/s1. The van der Waals surface area contributed by atoms with Crippen LogP contribution in [-0.4, -0.2) is 75.2 Å². The Morgan fingerprint density at radius 1 is 0.725 bits per heavy atom. The number of carbonyl (C=O) groups is 2. The molecule has 12 nitrogen and oxygen atoms in total. The summed E-state index contributed by atoms with van der Waals surface area (Å²) >= 11 is 0. The van der Waals surface area contributed by atoms with Gasteiger partial charge in [-0.05, 0) is 115 Å². The summed E-state index contributed by atoms with van der Waals surface area (Å²) in [5, 5.41) is 0. The van der Waals surface area contributed by atoms with E-state index in [1.54, 1.807) is 12.4 Å². The molecule has 0 bridgehead atoms. The summed E-state index contributed by atoms with van der Waals surface area (Å²) in [6.07, 6.45) is 5.63. The van der Waals surface area contributed by atoms with Gasteiger partial charge in [-0.25, -0.2) is 24.5 Å². The molecular formula is C39H46N8O4. The number of aromatic nitrogens is 6. The van der Waals surface area contributed by atoms with E-state index in [2.05, 4.69) is 40.9 Å². The molecule has 3 aromatic heterocycles. The van der Waals surface area contributed by atoms with Crippen LogP contribution in [0.15, 0.2) is 48.8 Å². The molecule has 1 aliphatic carbocycles. The monoisotopic (exact) mass is 690 g/mol. The number of imidazole rings is 2. The minimum Gasteiger partial charge on any atom is -0.444 e. The summed E-state index contributed by atoms with van der Waals surface area (Å²) < 4.78 is 11.5. The molecule has 2 aliphatic heterocycles. The fraction of sp³-hybridized carbons (Fsp3) is 0.487. The minimum atomic E-state index is -0.584. The largest absolute Gasteiger partial charge is 0.444 e. The average molecular weight is 691 g/mol. The predicted molar refractivity (Wildman–Crippen MR) is 194 cm³/mol. The van der Waals surface area contributed by atoms with Crippen LogP contribution in [0.4, 0.5) is 9.59 Å². The molecule has 6 atom stereocenters. The van der Waals surface area contributed by atoms with E-state index in [0.29, 0.717) is 23.4 Å². The van der Waals surface area contributed by atoms with Crippen molar-refractivity contribution in [3.05, 3.63) is 60.4 Å². The fourth-order valence-electron chi connectivity index (χ4n) is 7.67. The van der Waals surface area contributed by atoms with Crippen molar-refractivity contribution in [3.8, 4) is 22.5 Å². The van der Waals surface area contributed by atoms with Gasteiger partial charge in [0, 0.05) is 12.1 Å². The van der Waals surface area contributed by atoms with Crippen molar-refractivity contribution in [1.29, 1.82) is 0 Å². The van der Waals surface area contributed by atoms with Gasteiger partial charge < -0.3 is 19.4 Å². The Morgan fingerprint density at radius 2 is 1.39 bits per heavy atom. The molecule has 12 heteroatoms. The molecule has 2 amide bonds. The van der Waals surface area contributed by atoms with Crippen LogP contribution in [0.5, 0.6) is 0 Å². The van der Waals surface area contributed by atoms with E-state index < -0.39 is 11.2 Å². The Hall–Kier alpha value is -5.00. The number of aromatic amines is 2. The lowest BCUT2D eigenvalue weighted by molar-refractivity contribution is 0.0137. The number of H-pyrrole nitrogens is 2. The van der Waals surface area contributed by atoms with Crippen LogP contribution in [0.3, 0.4) is 0 Å². The number of rotatable bonds is 4. The van der Waals surface area contributed by atoms with Gasteiger partial charge in [-0.15, -0.1) is 0 Å². The number of likely N-dealkylation sites (tertiary alicyclic amines) is 2. The second-order valence-electron chi connectivity index (χ2n) is 16.6. The van der Waals surface area contributed by atoms with Gasteiger partial charge in [-0.3, -0.25) is 14.8 Å². The van der Waals surface area contributed by atoms with Crippen LogP contribution in [0, 0.1) is 11.8 Å². The zero-order chi connectivity index (χ0) is 36.0. The summed E-state index contributed by atoms with van der Waals surface area (Å²) in [5.74, 6) is 2.32. The molecule has 5 aromatic rings. The van der Waals surface area contributed by atoms with E-state index in [-0.39, 0.29) is 36.4 Å². The highest BCUT2D eigenvalue weighted by Crippen LogP contribution is 2.53. The topological polar surface area (TPSA) is 142 Å². The number of hydrogen-bond donors (Lipinski definition) is 2. The molecule has 266 valence electrons. The van der Waals surface area contributed by atoms with Gasteiger partial charge in [0.15, 0.2) is 0 Å². The minimum absolute atomic E-state index is 0.0244. The molecule has 8 rings (SSSR count). The number of benzene rings is 2. The highest BCUT2D eigenvalue weighted by molar-refractivity contribution is 5.87. The average Bonchev–Trinajstić information content (AvgIpc) is 3.45. The molecular weight excluding hydrogens is 644 g/mol. The van der Waals surface area contributed by atoms with Gasteiger partial charge in [0.05, 0.1) is 52.2 Å². The first-order valence-corrected chi connectivity index (χ1v) is 18.0. The maximum atomic E-state index is 13.2. The molecule has 2 aromatic carbocycles. The van der Waals surface area contributed by atoms with E-state index >= 15 is 0 Å². The molecule has 3 fully saturated rings. The molecule has 2 saturated heterocycles. The second kappa shape index (κ2) is 11.8. The molecule has 1 saturated carbocycles. The molecule has 5 heterocycles. The Morgan fingerprint density at radius 3 is 2.12 bits per heavy atom. The van der Waals surface area contributed by atoms with Crippen molar-refractivity contribution < 1.29 is 19.1 Å². The van der Waals surface area contributed by atoms with Gasteiger partial charge in [0.1, 0.15) is 28.5 Å². The van der Waals surface area contributed by atoms with Crippen molar-refractivity contribution in [2.24, 2.45) is 11.8 Å². The molecule has 1 unspecified atom stereocenters. The van der Waals surface area contributed by atoms with E-state index in [9.17, 15) is 9.59 Å². The van der Waals surface area contributed by atoms with Crippen LogP contribution in [0.1, 0.15) is 98.4 Å². The highest BCUT2D eigenvalue weighted by atomic mass is 16.6. The van der Waals surface area contributed by atoms with Gasteiger partial charge in [0.2, 0.25) is 0 Å². The zero-order valence-electron chi connectivity index (χ0n) is 30.5. The third-order valence-corrected chi connectivity index (χ3v) is 10.4. The van der Waals surface area contributed by atoms with Crippen LogP contribution >= 0.6 is 0 Å². The Balaban J connectivity index is 1.01. The summed E-state index contributed by atoms with van der Waals surface area (Å²) in [4.78, 5) is 56.2.